The molecule has 174 valence electrons. The Balaban J connectivity index is 1.46. The molecule has 3 saturated carbocycles. The molecule has 4 aromatic rings. The van der Waals surface area contributed by atoms with Gasteiger partial charge in [0.1, 0.15) is 28.5 Å². The average Bonchev–Trinajstić information content (AvgIpc) is 3.50. The normalized spacial score (nSPS) is 23.9. The number of aromatic nitrogens is 4. The minimum absolute atomic E-state index is 0.0495. The smallest absolute Gasteiger partial charge is 0.308 e. The number of rotatable bonds is 5. The topological polar surface area (TPSA) is 117 Å². The van der Waals surface area contributed by atoms with Gasteiger partial charge in [-0.05, 0) is 55.7 Å². The maximum atomic E-state index is 14.2. The third kappa shape index (κ3) is 3.41. The van der Waals surface area contributed by atoms with E-state index >= 15 is 0 Å². The minimum atomic E-state index is -0.809. The van der Waals surface area contributed by atoms with Crippen LogP contribution in [0.3, 0.4) is 0 Å². The van der Waals surface area contributed by atoms with Crippen molar-refractivity contribution < 1.29 is 23.1 Å². The van der Waals surface area contributed by atoms with Crippen molar-refractivity contribution >= 4 is 22.7 Å². The molecule has 0 amide bonds. The molecular formula is C24H21F2N5O3. The molecule has 3 aromatic heterocycles. The second-order valence-electron chi connectivity index (χ2n) is 9.03. The molecule has 10 heteroatoms. The second-order valence-corrected chi connectivity index (χ2v) is 9.03. The van der Waals surface area contributed by atoms with Gasteiger partial charge in [0.25, 0.3) is 0 Å². The number of nitrogens with zero attached hydrogens (tertiary/aromatic N) is 3. The van der Waals surface area contributed by atoms with Gasteiger partial charge in [-0.2, -0.15) is 5.10 Å². The van der Waals surface area contributed by atoms with Crippen LogP contribution in [0, 0.1) is 29.4 Å². The monoisotopic (exact) mass is 465 g/mol. The number of nitrogens with one attached hydrogen (secondary N) is 2. The first kappa shape index (κ1) is 20.8. The summed E-state index contributed by atoms with van der Waals surface area (Å²) in [5.74, 6) is -1.44. The van der Waals surface area contributed by atoms with Crippen LogP contribution in [0.1, 0.15) is 25.7 Å². The standard InChI is InChI=1S/C24H21F2N5O3/c25-13-8-14-21(15(26)9-13)30-31-22(14)23-27-16(17-2-1-7-34-17)10-18(29-23)28-20-12-5-3-11(4-6-12)19(20)24(32)33/h1-2,7-12,19-20H,3-6H2,(H,30,31)(H,32,33)(H,27,28,29)/t11?,12?,19-,20-/m0/s1. The second kappa shape index (κ2) is 7.89. The Morgan fingerprint density at radius 1 is 1.12 bits per heavy atom. The third-order valence-corrected chi connectivity index (χ3v) is 7.12. The van der Waals surface area contributed by atoms with Crippen molar-refractivity contribution in [1.82, 2.24) is 20.2 Å². The third-order valence-electron chi connectivity index (χ3n) is 7.12. The predicted molar refractivity (Wildman–Crippen MR) is 119 cm³/mol. The fourth-order valence-corrected chi connectivity index (χ4v) is 5.58. The van der Waals surface area contributed by atoms with E-state index < -0.39 is 23.5 Å². The first-order valence-corrected chi connectivity index (χ1v) is 11.2. The SMILES string of the molecule is O=C(O)[C@H]1C2CCC(CC2)[C@@H]1Nc1cc(-c2ccco2)nc(-c2n[nH]c3c(F)cc(F)cc23)n1. The molecule has 2 bridgehead atoms. The van der Waals surface area contributed by atoms with Gasteiger partial charge in [-0.25, -0.2) is 18.7 Å². The Labute approximate surface area is 192 Å². The molecule has 8 nitrogen and oxygen atoms in total. The molecule has 3 N–H and O–H groups in total. The number of fused-ring (bicyclic) bond motifs is 4. The number of carboxylic acids is 1. The van der Waals surface area contributed by atoms with Crippen molar-refractivity contribution in [2.75, 3.05) is 5.32 Å². The average molecular weight is 465 g/mol. The summed E-state index contributed by atoms with van der Waals surface area (Å²) < 4.78 is 33.7. The van der Waals surface area contributed by atoms with Crippen molar-refractivity contribution in [2.24, 2.45) is 17.8 Å². The quantitative estimate of drug-likeness (QED) is 0.385. The van der Waals surface area contributed by atoms with E-state index in [4.69, 9.17) is 4.42 Å². The van der Waals surface area contributed by atoms with Gasteiger partial charge >= 0.3 is 5.97 Å². The van der Waals surface area contributed by atoms with Crippen molar-refractivity contribution in [2.45, 2.75) is 31.7 Å². The van der Waals surface area contributed by atoms with E-state index in [0.717, 1.165) is 31.7 Å². The molecule has 3 aliphatic rings. The molecule has 0 saturated heterocycles. The molecule has 3 heterocycles. The number of halogens is 2. The number of aromatic amines is 1. The molecule has 0 spiro atoms. The van der Waals surface area contributed by atoms with Crippen molar-refractivity contribution in [3.8, 4) is 23.0 Å². The number of furan rings is 1. The van der Waals surface area contributed by atoms with E-state index in [9.17, 15) is 18.7 Å². The van der Waals surface area contributed by atoms with Crippen molar-refractivity contribution in [1.29, 1.82) is 0 Å². The highest BCUT2D eigenvalue weighted by atomic mass is 19.1. The fourth-order valence-electron chi connectivity index (χ4n) is 5.58. The number of aliphatic carboxylic acids is 1. The van der Waals surface area contributed by atoms with Crippen LogP contribution in [-0.2, 0) is 4.79 Å². The first-order valence-electron chi connectivity index (χ1n) is 11.2. The number of anilines is 1. The summed E-state index contributed by atoms with van der Waals surface area (Å²) in [5, 5.41) is 20.2. The molecule has 1 aromatic carbocycles. The summed E-state index contributed by atoms with van der Waals surface area (Å²) in [4.78, 5) is 21.2. The zero-order valence-electron chi connectivity index (χ0n) is 18.0. The summed E-state index contributed by atoms with van der Waals surface area (Å²) in [5.41, 5.74) is 0.677. The molecule has 34 heavy (non-hydrogen) atoms. The van der Waals surface area contributed by atoms with Crippen LogP contribution < -0.4 is 5.32 Å². The highest BCUT2D eigenvalue weighted by molar-refractivity contribution is 5.92. The molecule has 3 fully saturated rings. The highest BCUT2D eigenvalue weighted by Crippen LogP contribution is 2.46. The van der Waals surface area contributed by atoms with Crippen LogP contribution in [0.15, 0.2) is 41.0 Å². The number of benzene rings is 1. The molecule has 0 unspecified atom stereocenters. The Morgan fingerprint density at radius 2 is 1.91 bits per heavy atom. The Kier molecular flexibility index (Phi) is 4.82. The summed E-state index contributed by atoms with van der Waals surface area (Å²) >= 11 is 0. The summed E-state index contributed by atoms with van der Waals surface area (Å²) in [6.07, 6.45) is 5.29. The highest BCUT2D eigenvalue weighted by Gasteiger charge is 2.47. The van der Waals surface area contributed by atoms with E-state index in [1.165, 1.54) is 12.3 Å². The van der Waals surface area contributed by atoms with Gasteiger partial charge < -0.3 is 14.8 Å². The van der Waals surface area contributed by atoms with Crippen molar-refractivity contribution in [3.63, 3.8) is 0 Å². The van der Waals surface area contributed by atoms with Gasteiger partial charge in [-0.3, -0.25) is 9.89 Å². The van der Waals surface area contributed by atoms with Gasteiger partial charge in [0, 0.05) is 23.6 Å². The zero-order chi connectivity index (χ0) is 23.4. The van der Waals surface area contributed by atoms with Gasteiger partial charge in [0.05, 0.1) is 12.2 Å². The number of hydrogen-bond donors (Lipinski definition) is 3. The van der Waals surface area contributed by atoms with Gasteiger partial charge in [0.15, 0.2) is 17.4 Å². The lowest BCUT2D eigenvalue weighted by molar-refractivity contribution is -0.148. The van der Waals surface area contributed by atoms with Crippen molar-refractivity contribution in [3.05, 3.63) is 48.2 Å². The number of carbonyl (C=O) groups is 1. The molecule has 0 radical (unpaired) electrons. The van der Waals surface area contributed by atoms with Crippen LogP contribution >= 0.6 is 0 Å². The van der Waals surface area contributed by atoms with Crippen LogP contribution in [0.25, 0.3) is 33.9 Å². The fraction of sp³-hybridized carbons (Fsp3) is 0.333. The van der Waals surface area contributed by atoms with Crippen LogP contribution in [0.4, 0.5) is 14.6 Å². The van der Waals surface area contributed by atoms with Crippen LogP contribution in [0.5, 0.6) is 0 Å². The number of H-pyrrole nitrogens is 1. The maximum Gasteiger partial charge on any atom is 0.308 e. The van der Waals surface area contributed by atoms with Crippen LogP contribution in [0.2, 0.25) is 0 Å². The lowest BCUT2D eigenvalue weighted by Crippen LogP contribution is -2.51. The number of carboxylic acid groups (broad SMARTS) is 1. The molecule has 7 rings (SSSR count). The Bertz CT molecular complexity index is 1380. The molecule has 0 aliphatic heterocycles. The van der Waals surface area contributed by atoms with E-state index in [-0.39, 0.29) is 40.3 Å². The lowest BCUT2D eigenvalue weighted by atomic mass is 9.61. The summed E-state index contributed by atoms with van der Waals surface area (Å²) in [6.45, 7) is 0. The van der Waals surface area contributed by atoms with Crippen LogP contribution in [-0.4, -0.2) is 37.3 Å². The first-order chi connectivity index (χ1) is 16.5. The van der Waals surface area contributed by atoms with E-state index in [1.807, 2.05) is 0 Å². The number of hydrogen-bond acceptors (Lipinski definition) is 6. The summed E-state index contributed by atoms with van der Waals surface area (Å²) in [7, 11) is 0. The zero-order valence-corrected chi connectivity index (χ0v) is 18.0. The van der Waals surface area contributed by atoms with Gasteiger partial charge in [-0.1, -0.05) is 0 Å². The minimum Gasteiger partial charge on any atom is -0.481 e. The Morgan fingerprint density at radius 3 is 2.65 bits per heavy atom. The molecule has 2 atom stereocenters. The van der Waals surface area contributed by atoms with E-state index in [1.54, 1.807) is 18.2 Å². The van der Waals surface area contributed by atoms with Gasteiger partial charge in [-0.15, -0.1) is 0 Å². The predicted octanol–water partition coefficient (Wildman–Crippen LogP) is 4.86. The molecule has 3 aliphatic carbocycles. The van der Waals surface area contributed by atoms with E-state index in [2.05, 4.69) is 25.5 Å². The summed E-state index contributed by atoms with van der Waals surface area (Å²) in [6, 6.07) is 6.83. The maximum absolute atomic E-state index is 14.2. The largest absolute Gasteiger partial charge is 0.481 e. The molecular weight excluding hydrogens is 444 g/mol. The van der Waals surface area contributed by atoms with Gasteiger partial charge in [0.2, 0.25) is 0 Å². The Hall–Kier alpha value is -3.82. The lowest BCUT2D eigenvalue weighted by Gasteiger charge is -2.47. The van der Waals surface area contributed by atoms with E-state index in [0.29, 0.717) is 17.3 Å².